The van der Waals surface area contributed by atoms with Crippen LogP contribution in [0.3, 0.4) is 0 Å². The maximum Gasteiger partial charge on any atom is 0.235 e. The van der Waals surface area contributed by atoms with Crippen molar-refractivity contribution in [1.29, 1.82) is 0 Å². The van der Waals surface area contributed by atoms with Gasteiger partial charge in [-0.15, -0.1) is 0 Å². The number of para-hydroxylation sites is 2. The molecule has 9 rings (SSSR count). The van der Waals surface area contributed by atoms with Gasteiger partial charge in [0.05, 0.1) is 22.5 Å². The van der Waals surface area contributed by atoms with E-state index in [2.05, 4.69) is 120 Å². The Balaban J connectivity index is 1.24. The number of hydrogen-bond acceptors (Lipinski definition) is 3. The van der Waals surface area contributed by atoms with Crippen LogP contribution in [0, 0.1) is 0 Å². The molecular weight excluding hydrogens is 514 g/mol. The van der Waals surface area contributed by atoms with E-state index < -0.39 is 0 Å². The van der Waals surface area contributed by atoms with Crippen molar-refractivity contribution in [1.82, 2.24) is 14.5 Å². The van der Waals surface area contributed by atoms with E-state index in [1.807, 2.05) is 6.07 Å². The summed E-state index contributed by atoms with van der Waals surface area (Å²) in [5, 5.41) is 3.34. The van der Waals surface area contributed by atoms with Crippen LogP contribution >= 0.6 is 0 Å². The van der Waals surface area contributed by atoms with Crippen molar-refractivity contribution >= 4 is 29.1 Å². The molecule has 0 saturated heterocycles. The second-order valence-electron chi connectivity index (χ2n) is 11.3. The fourth-order valence-corrected chi connectivity index (χ4v) is 6.85. The van der Waals surface area contributed by atoms with E-state index in [0.29, 0.717) is 0 Å². The summed E-state index contributed by atoms with van der Waals surface area (Å²) >= 11 is 0. The Morgan fingerprint density at radius 3 is 2.33 bits per heavy atom. The van der Waals surface area contributed by atoms with Crippen LogP contribution < -0.4 is 15.3 Å². The number of hydrogen-bond donors (Lipinski definition) is 0. The van der Waals surface area contributed by atoms with Gasteiger partial charge in [-0.25, -0.2) is 9.97 Å². The quantitative estimate of drug-likeness (QED) is 0.238. The van der Waals surface area contributed by atoms with E-state index in [1.54, 1.807) is 0 Å². The normalized spacial score (nSPS) is 16.3. The first-order valence-electron chi connectivity index (χ1n) is 14.7. The molecular formula is C38H27N3O. The van der Waals surface area contributed by atoms with Crippen LogP contribution in [-0.2, 0) is 6.42 Å². The molecule has 0 bridgehead atoms. The van der Waals surface area contributed by atoms with Gasteiger partial charge >= 0.3 is 0 Å². The largest absolute Gasteiger partial charge is 0.461 e. The van der Waals surface area contributed by atoms with Gasteiger partial charge < -0.3 is 4.74 Å². The minimum absolute atomic E-state index is 0.194. The van der Waals surface area contributed by atoms with Gasteiger partial charge in [0.25, 0.3) is 0 Å². The van der Waals surface area contributed by atoms with Crippen LogP contribution in [0.4, 0.5) is 0 Å². The lowest BCUT2D eigenvalue weighted by Gasteiger charge is -2.20. The van der Waals surface area contributed by atoms with Gasteiger partial charge in [0, 0.05) is 39.4 Å². The van der Waals surface area contributed by atoms with E-state index in [1.165, 1.54) is 33.3 Å². The first kappa shape index (κ1) is 23.5. The van der Waals surface area contributed by atoms with Gasteiger partial charge in [-0.3, -0.25) is 4.57 Å². The summed E-state index contributed by atoms with van der Waals surface area (Å²) in [4.78, 5) is 10.5. The first-order chi connectivity index (χ1) is 20.8. The van der Waals surface area contributed by atoms with Gasteiger partial charge in [-0.05, 0) is 42.2 Å². The molecule has 2 aromatic heterocycles. The van der Waals surface area contributed by atoms with Crippen molar-refractivity contribution in [3.05, 3.63) is 136 Å². The Kier molecular flexibility index (Phi) is 5.12. The Labute approximate surface area is 243 Å². The molecule has 200 valence electrons. The first-order valence-corrected chi connectivity index (χ1v) is 14.7. The molecule has 2 aliphatic carbocycles. The van der Waals surface area contributed by atoms with Crippen molar-refractivity contribution < 1.29 is 4.74 Å². The van der Waals surface area contributed by atoms with Crippen LogP contribution in [0.5, 0.6) is 5.75 Å². The van der Waals surface area contributed by atoms with Crippen molar-refractivity contribution in [2.45, 2.75) is 25.2 Å². The van der Waals surface area contributed by atoms with Gasteiger partial charge in [0.15, 0.2) is 0 Å². The summed E-state index contributed by atoms with van der Waals surface area (Å²) in [6.45, 7) is 0. The number of aromatic nitrogens is 3. The predicted octanol–water partition coefficient (Wildman–Crippen LogP) is 7.18. The molecule has 0 amide bonds. The summed E-state index contributed by atoms with van der Waals surface area (Å²) < 4.78 is 8.63. The summed E-state index contributed by atoms with van der Waals surface area (Å²) in [6.07, 6.45) is 9.63. The molecule has 3 aliphatic rings. The maximum absolute atomic E-state index is 6.34. The Bertz CT molecular complexity index is 2190. The van der Waals surface area contributed by atoms with Crippen LogP contribution in [0.15, 0.2) is 109 Å². The number of fused-ring (bicyclic) bond motifs is 7. The number of benzene rings is 4. The topological polar surface area (TPSA) is 39.9 Å². The smallest absolute Gasteiger partial charge is 0.235 e. The fourth-order valence-electron chi connectivity index (χ4n) is 6.85. The van der Waals surface area contributed by atoms with E-state index in [-0.39, 0.29) is 5.92 Å². The molecule has 1 aliphatic heterocycles. The third-order valence-corrected chi connectivity index (χ3v) is 8.85. The molecule has 1 atom stereocenters. The lowest BCUT2D eigenvalue weighted by atomic mass is 9.87. The number of rotatable bonds is 3. The minimum atomic E-state index is 0.194. The summed E-state index contributed by atoms with van der Waals surface area (Å²) in [5.74, 6) is 2.91. The van der Waals surface area contributed by atoms with Gasteiger partial charge in [-0.1, -0.05) is 103 Å². The predicted molar refractivity (Wildman–Crippen MR) is 169 cm³/mol. The average Bonchev–Trinajstić information content (AvgIpc) is 3.58. The second kappa shape index (κ2) is 9.15. The zero-order valence-electron chi connectivity index (χ0n) is 23.0. The monoisotopic (exact) mass is 541 g/mol. The van der Waals surface area contributed by atoms with Gasteiger partial charge in [0.2, 0.25) is 5.95 Å². The van der Waals surface area contributed by atoms with E-state index in [4.69, 9.17) is 14.7 Å². The fraction of sp³-hybridized carbons (Fsp3) is 0.105. The highest BCUT2D eigenvalue weighted by molar-refractivity contribution is 5.94. The molecule has 4 nitrogen and oxygen atoms in total. The number of ether oxygens (including phenoxy) is 1. The van der Waals surface area contributed by atoms with Crippen LogP contribution in [-0.4, -0.2) is 14.5 Å². The van der Waals surface area contributed by atoms with Crippen molar-refractivity contribution in [3.8, 4) is 34.1 Å². The lowest BCUT2D eigenvalue weighted by Crippen LogP contribution is -2.35. The molecule has 0 spiro atoms. The third kappa shape index (κ3) is 3.55. The van der Waals surface area contributed by atoms with Crippen molar-refractivity contribution in [3.63, 3.8) is 0 Å². The standard InChI is InChI=1S/C38H27N3O/c1-2-10-24(11-3-1)25-18-20-26(21-19-25)37-29-14-4-7-15-32(29)39-38(40-37)41-33-16-8-5-12-27(33)30-23-36-31(22-34(30)41)28-13-6-9-17-35(28)42-36/h1-3,5-6,8-21,23,31H,4,7,22H2. The maximum atomic E-state index is 6.34. The highest BCUT2D eigenvalue weighted by Crippen LogP contribution is 2.48. The van der Waals surface area contributed by atoms with E-state index in [9.17, 15) is 0 Å². The van der Waals surface area contributed by atoms with Gasteiger partial charge in [-0.2, -0.15) is 0 Å². The minimum Gasteiger partial charge on any atom is -0.461 e. The average molecular weight is 542 g/mol. The molecule has 4 aromatic carbocycles. The third-order valence-electron chi connectivity index (χ3n) is 8.85. The molecule has 0 N–H and O–H groups in total. The molecule has 6 aromatic rings. The SMILES string of the molecule is C1=C2Oc3ccccc3C2Cc2c1c1ccccc1n2-c1nc(-c2ccc(-c3ccccc3)cc2)c2c(n1)=CCCC=2. The Morgan fingerprint density at radius 1 is 0.690 bits per heavy atom. The second-order valence-corrected chi connectivity index (χ2v) is 11.3. The summed E-state index contributed by atoms with van der Waals surface area (Å²) in [6, 6.07) is 36.3. The zero-order chi connectivity index (χ0) is 27.6. The number of allylic oxidation sites excluding steroid dienone is 1. The van der Waals surface area contributed by atoms with Crippen molar-refractivity contribution in [2.24, 2.45) is 0 Å². The van der Waals surface area contributed by atoms with E-state index >= 15 is 0 Å². The summed E-state index contributed by atoms with van der Waals surface area (Å²) in [7, 11) is 0. The summed E-state index contributed by atoms with van der Waals surface area (Å²) in [5.41, 5.74) is 9.31. The molecule has 3 heterocycles. The highest BCUT2D eigenvalue weighted by atomic mass is 16.5. The van der Waals surface area contributed by atoms with Crippen LogP contribution in [0.25, 0.3) is 57.5 Å². The zero-order valence-corrected chi connectivity index (χ0v) is 23.0. The molecule has 0 radical (unpaired) electrons. The highest BCUT2D eigenvalue weighted by Gasteiger charge is 2.36. The number of nitrogens with zero attached hydrogens (tertiary/aromatic N) is 3. The van der Waals surface area contributed by atoms with Gasteiger partial charge in [0.1, 0.15) is 11.5 Å². The van der Waals surface area contributed by atoms with Crippen LogP contribution in [0.1, 0.15) is 35.6 Å². The Hall–Kier alpha value is -5.22. The Morgan fingerprint density at radius 2 is 1.43 bits per heavy atom. The molecule has 4 heteroatoms. The molecule has 1 unspecified atom stereocenters. The van der Waals surface area contributed by atoms with Crippen LogP contribution in [0.2, 0.25) is 0 Å². The van der Waals surface area contributed by atoms with E-state index in [0.717, 1.165) is 64.1 Å². The molecule has 0 fully saturated rings. The molecule has 0 saturated carbocycles. The lowest BCUT2D eigenvalue weighted by molar-refractivity contribution is 0.428. The van der Waals surface area contributed by atoms with Crippen molar-refractivity contribution in [2.75, 3.05) is 0 Å². The molecule has 42 heavy (non-hydrogen) atoms.